The average molecular weight is 485 g/mol. The van der Waals surface area contributed by atoms with Gasteiger partial charge in [0.2, 0.25) is 5.82 Å². The molecule has 3 aromatic rings. The van der Waals surface area contributed by atoms with Crippen LogP contribution in [-0.2, 0) is 9.53 Å². The molecule has 0 aliphatic carbocycles. The number of halogens is 5. The summed E-state index contributed by atoms with van der Waals surface area (Å²) in [5.74, 6) is -6.91. The van der Waals surface area contributed by atoms with Gasteiger partial charge in [-0.3, -0.25) is 9.20 Å². The Morgan fingerprint density at radius 3 is 2.59 bits per heavy atom. The second-order valence-electron chi connectivity index (χ2n) is 8.20. The van der Waals surface area contributed by atoms with Crippen LogP contribution >= 0.6 is 0 Å². The largest absolute Gasteiger partial charge is 0.493 e. The second kappa shape index (κ2) is 8.12. The number of aromatic amines is 1. The lowest BCUT2D eigenvalue weighted by atomic mass is 9.77. The molecule has 1 amide bonds. The van der Waals surface area contributed by atoms with Gasteiger partial charge in [-0.25, -0.2) is 9.18 Å². The van der Waals surface area contributed by atoms with Crippen molar-refractivity contribution in [1.29, 1.82) is 0 Å². The molecule has 2 N–H and O–H groups in total. The van der Waals surface area contributed by atoms with Crippen LogP contribution in [0.15, 0.2) is 41.5 Å². The number of nitrogens with one attached hydrogen (secondary N) is 2. The summed E-state index contributed by atoms with van der Waals surface area (Å²) >= 11 is 0. The number of carbonyl (C=O) groups is 1. The number of alkyl halides is 3. The average Bonchev–Trinajstić information content (AvgIpc) is 3.30. The molecule has 4 rings (SSSR count). The summed E-state index contributed by atoms with van der Waals surface area (Å²) in [6.07, 6.45) is -3.89. The van der Waals surface area contributed by atoms with E-state index in [0.717, 1.165) is 26.2 Å². The van der Waals surface area contributed by atoms with E-state index in [0.29, 0.717) is 5.52 Å². The fourth-order valence-corrected chi connectivity index (χ4v) is 4.40. The number of hydrogen-bond donors (Lipinski definition) is 2. The number of methoxy groups -OCH3 is 1. The summed E-state index contributed by atoms with van der Waals surface area (Å²) < 4.78 is 81.7. The van der Waals surface area contributed by atoms with E-state index < -0.39 is 58.7 Å². The lowest BCUT2D eigenvalue weighted by Gasteiger charge is -2.32. The Labute approximate surface area is 189 Å². The number of ether oxygens (including phenoxy) is 2. The van der Waals surface area contributed by atoms with Crippen molar-refractivity contribution in [2.45, 2.75) is 37.6 Å². The van der Waals surface area contributed by atoms with Crippen LogP contribution in [0.25, 0.3) is 5.52 Å². The number of anilines is 1. The smallest absolute Gasteiger partial charge is 0.417 e. The first kappa shape index (κ1) is 23.7. The van der Waals surface area contributed by atoms with Crippen LogP contribution < -0.4 is 15.7 Å². The monoisotopic (exact) mass is 485 g/mol. The fourth-order valence-electron chi connectivity index (χ4n) is 4.40. The number of rotatable bonds is 4. The van der Waals surface area contributed by atoms with Crippen molar-refractivity contribution < 1.29 is 36.2 Å². The van der Waals surface area contributed by atoms with Gasteiger partial charge in [-0.15, -0.1) is 0 Å². The second-order valence-corrected chi connectivity index (χ2v) is 8.20. The Kier molecular flexibility index (Phi) is 5.67. The number of fused-ring (bicyclic) bond motifs is 1. The summed E-state index contributed by atoms with van der Waals surface area (Å²) in [5.41, 5.74) is -2.94. The van der Waals surface area contributed by atoms with Crippen LogP contribution in [0.1, 0.15) is 25.3 Å². The number of benzene rings is 1. The van der Waals surface area contributed by atoms with E-state index in [1.165, 1.54) is 35.9 Å². The summed E-state index contributed by atoms with van der Waals surface area (Å²) in [7, 11) is 1.05. The van der Waals surface area contributed by atoms with Crippen LogP contribution in [0.2, 0.25) is 0 Å². The van der Waals surface area contributed by atoms with Gasteiger partial charge < -0.3 is 19.8 Å². The van der Waals surface area contributed by atoms with Crippen molar-refractivity contribution in [3.05, 3.63) is 64.3 Å². The quantitative estimate of drug-likeness (QED) is 0.548. The molecule has 12 heteroatoms. The fraction of sp³-hybridized carbons (Fsp3) is 0.364. The Morgan fingerprint density at radius 2 is 1.94 bits per heavy atom. The number of aromatic nitrogens is 2. The molecule has 2 aromatic heterocycles. The molecule has 182 valence electrons. The highest BCUT2D eigenvalue weighted by Gasteiger charge is 2.65. The number of H-pyrrole nitrogens is 1. The minimum absolute atomic E-state index is 0.139. The Hall–Kier alpha value is -3.41. The zero-order valence-corrected chi connectivity index (χ0v) is 18.2. The van der Waals surface area contributed by atoms with Gasteiger partial charge in [-0.2, -0.15) is 17.6 Å². The van der Waals surface area contributed by atoms with E-state index in [1.54, 1.807) is 0 Å². The maximum absolute atomic E-state index is 14.4. The normalized spacial score (nSPS) is 25.0. The lowest BCUT2D eigenvalue weighted by Crippen LogP contribution is -2.47. The number of hydrogen-bond acceptors (Lipinski definition) is 4. The Bertz CT molecular complexity index is 1320. The summed E-state index contributed by atoms with van der Waals surface area (Å²) in [4.78, 5) is 27.6. The molecule has 0 saturated carbocycles. The molecule has 0 bridgehead atoms. The van der Waals surface area contributed by atoms with E-state index in [-0.39, 0.29) is 11.3 Å². The summed E-state index contributed by atoms with van der Waals surface area (Å²) in [6, 6.07) is 4.73. The van der Waals surface area contributed by atoms with E-state index in [2.05, 4.69) is 10.3 Å². The molecule has 1 aliphatic heterocycles. The predicted molar refractivity (Wildman–Crippen MR) is 111 cm³/mol. The molecule has 3 heterocycles. The molecule has 1 saturated heterocycles. The van der Waals surface area contributed by atoms with Crippen molar-refractivity contribution in [3.63, 3.8) is 0 Å². The third-order valence-corrected chi connectivity index (χ3v) is 6.42. The SMILES string of the molecule is COc1c([C@H]2[C@H](C(=O)Nc3ccn4c(=O)[nH]ccc34)O[C@@](C)(C(F)(F)F)[C@H]2C)ccc(F)c1F. The zero-order chi connectivity index (χ0) is 25.0. The van der Waals surface area contributed by atoms with Crippen molar-refractivity contribution in [2.75, 3.05) is 12.4 Å². The Balaban J connectivity index is 1.80. The highest BCUT2D eigenvalue weighted by Crippen LogP contribution is 2.55. The molecule has 1 fully saturated rings. The van der Waals surface area contributed by atoms with E-state index in [9.17, 15) is 31.5 Å². The highest BCUT2D eigenvalue weighted by molar-refractivity contribution is 5.99. The van der Waals surface area contributed by atoms with E-state index in [4.69, 9.17) is 9.47 Å². The molecule has 0 spiro atoms. The van der Waals surface area contributed by atoms with Gasteiger partial charge in [0.1, 0.15) is 6.10 Å². The first-order valence-electron chi connectivity index (χ1n) is 10.2. The predicted octanol–water partition coefficient (Wildman–Crippen LogP) is 3.99. The maximum atomic E-state index is 14.4. The molecular formula is C22H20F5N3O4. The topological polar surface area (TPSA) is 84.8 Å². The molecular weight excluding hydrogens is 465 g/mol. The molecule has 1 aliphatic rings. The molecule has 0 unspecified atom stereocenters. The van der Waals surface area contributed by atoms with Crippen LogP contribution in [0, 0.1) is 17.6 Å². The molecule has 0 radical (unpaired) electrons. The van der Waals surface area contributed by atoms with Gasteiger partial charge in [0, 0.05) is 29.8 Å². The Morgan fingerprint density at radius 1 is 1.24 bits per heavy atom. The summed E-state index contributed by atoms with van der Waals surface area (Å²) in [6.45, 7) is 2.02. The molecule has 34 heavy (non-hydrogen) atoms. The maximum Gasteiger partial charge on any atom is 0.417 e. The number of carbonyl (C=O) groups excluding carboxylic acids is 1. The third-order valence-electron chi connectivity index (χ3n) is 6.42. The van der Waals surface area contributed by atoms with E-state index in [1.807, 2.05) is 0 Å². The zero-order valence-electron chi connectivity index (χ0n) is 18.2. The van der Waals surface area contributed by atoms with Gasteiger partial charge in [0.05, 0.1) is 18.3 Å². The van der Waals surface area contributed by atoms with Crippen LogP contribution in [0.5, 0.6) is 5.75 Å². The number of nitrogens with zero attached hydrogens (tertiary/aromatic N) is 1. The van der Waals surface area contributed by atoms with Crippen LogP contribution in [0.4, 0.5) is 27.6 Å². The van der Waals surface area contributed by atoms with Gasteiger partial charge >= 0.3 is 11.9 Å². The summed E-state index contributed by atoms with van der Waals surface area (Å²) in [5, 5.41) is 2.49. The third kappa shape index (κ3) is 3.52. The van der Waals surface area contributed by atoms with Crippen LogP contribution in [-0.4, -0.2) is 40.3 Å². The molecule has 1 aromatic carbocycles. The van der Waals surface area contributed by atoms with Gasteiger partial charge in [0.25, 0.3) is 5.91 Å². The molecule has 4 atom stereocenters. The van der Waals surface area contributed by atoms with Crippen molar-refractivity contribution in [1.82, 2.24) is 9.38 Å². The van der Waals surface area contributed by atoms with Crippen LogP contribution in [0.3, 0.4) is 0 Å². The van der Waals surface area contributed by atoms with E-state index >= 15 is 0 Å². The minimum Gasteiger partial charge on any atom is -0.493 e. The highest BCUT2D eigenvalue weighted by atomic mass is 19.4. The molecule has 7 nitrogen and oxygen atoms in total. The van der Waals surface area contributed by atoms with Crippen molar-refractivity contribution in [2.24, 2.45) is 5.92 Å². The lowest BCUT2D eigenvalue weighted by molar-refractivity contribution is -0.272. The van der Waals surface area contributed by atoms with Crippen molar-refractivity contribution >= 4 is 17.1 Å². The van der Waals surface area contributed by atoms with Gasteiger partial charge in [-0.1, -0.05) is 13.0 Å². The standard InChI is InChI=1S/C22H20F5N3O4/c1-10-15(11-4-5-12(23)16(24)17(11)33-3)18(34-21(10,2)22(25,26)27)19(31)29-13-7-9-30-14(13)6-8-28-20(30)32/h4-10,15,18H,1-3H3,(H,28,32)(H,29,31)/t10-,15-,18+,21+/m0/s1. The number of amides is 1. The first-order valence-corrected chi connectivity index (χ1v) is 10.2. The van der Waals surface area contributed by atoms with Crippen molar-refractivity contribution in [3.8, 4) is 5.75 Å². The minimum atomic E-state index is -4.87. The van der Waals surface area contributed by atoms with Gasteiger partial charge in [0.15, 0.2) is 17.2 Å². The first-order chi connectivity index (χ1) is 15.9. The van der Waals surface area contributed by atoms with Gasteiger partial charge in [-0.05, 0) is 25.1 Å².